The first-order chi connectivity index (χ1) is 18.0. The summed E-state index contributed by atoms with van der Waals surface area (Å²) in [4.78, 5) is 11.6. The third kappa shape index (κ3) is 16.5. The van der Waals surface area contributed by atoms with E-state index in [1.807, 2.05) is 25.4 Å². The van der Waals surface area contributed by atoms with Crippen LogP contribution in [-0.2, 0) is 32.9 Å². The van der Waals surface area contributed by atoms with Gasteiger partial charge in [-0.25, -0.2) is 9.10 Å². The molecule has 2 rings (SSSR count). The maximum atomic E-state index is 12.1. The molecule has 0 spiro atoms. The van der Waals surface area contributed by atoms with Crippen LogP contribution in [0.2, 0.25) is 0 Å². The fourth-order valence-electron chi connectivity index (χ4n) is 2.38. The van der Waals surface area contributed by atoms with Gasteiger partial charge in [0.25, 0.3) is 0 Å². The summed E-state index contributed by atoms with van der Waals surface area (Å²) in [5.74, 6) is 0. The lowest BCUT2D eigenvalue weighted by Crippen LogP contribution is -2.09. The van der Waals surface area contributed by atoms with Gasteiger partial charge in [-0.3, -0.25) is 15.2 Å². The number of nitriles is 2. The van der Waals surface area contributed by atoms with Crippen LogP contribution < -0.4 is 0 Å². The van der Waals surface area contributed by atoms with Crippen LogP contribution in [0, 0.1) is 22.9 Å². The van der Waals surface area contributed by atoms with Gasteiger partial charge in [-0.2, -0.15) is 14.9 Å². The zero-order valence-electron chi connectivity index (χ0n) is 21.4. The summed E-state index contributed by atoms with van der Waals surface area (Å²) in [6.07, 6.45) is 9.81. The van der Waals surface area contributed by atoms with E-state index in [1.165, 1.54) is 12.5 Å². The zero-order valence-corrected chi connectivity index (χ0v) is 27.5. The number of rotatable bonds is 5. The molecule has 41 heavy (non-hydrogen) atoms. The smallest absolute Gasteiger partial charge is 0.232 e. The van der Waals surface area contributed by atoms with Crippen molar-refractivity contribution in [3.05, 3.63) is 59.2 Å². The first-order valence-corrected chi connectivity index (χ1v) is 16.5. The number of hydrogen-bond donors (Lipinski definition) is 1. The molecule has 0 saturated carbocycles. The minimum atomic E-state index is -2.64. The molecule has 0 radical (unpaired) electrons. The van der Waals surface area contributed by atoms with Gasteiger partial charge in [-0.05, 0) is 50.3 Å². The summed E-state index contributed by atoms with van der Waals surface area (Å²) in [7, 11) is -3.01. The van der Waals surface area contributed by atoms with E-state index in [4.69, 9.17) is 85.4 Å². The highest BCUT2D eigenvalue weighted by Crippen LogP contribution is 2.38. The second-order valence-corrected chi connectivity index (χ2v) is 16.5. The van der Waals surface area contributed by atoms with Crippen LogP contribution in [0.4, 0.5) is 0 Å². The number of pyridine rings is 2. The van der Waals surface area contributed by atoms with Gasteiger partial charge in [-0.15, -0.1) is 4.36 Å². The molecule has 1 N–H and O–H groups in total. The van der Waals surface area contributed by atoms with Crippen LogP contribution in [0.1, 0.15) is 70.1 Å². The number of halogens is 6. The van der Waals surface area contributed by atoms with Crippen LogP contribution >= 0.6 is 69.6 Å². The largest absolute Gasteiger partial charge is 0.256 e. The van der Waals surface area contributed by atoms with Gasteiger partial charge in [0.15, 0.2) is 0 Å². The van der Waals surface area contributed by atoms with Crippen molar-refractivity contribution >= 4 is 90.0 Å². The number of nitrogens with zero attached hydrogens (tertiary/aromatic N) is 6. The Hall–Kier alpha value is -0.960. The molecule has 2 aromatic heterocycles. The average Bonchev–Trinajstić information content (AvgIpc) is 2.87. The highest BCUT2D eigenvalue weighted by Gasteiger charge is 2.26. The van der Waals surface area contributed by atoms with Crippen molar-refractivity contribution < 1.29 is 15.8 Å². The second kappa shape index (κ2) is 20.9. The van der Waals surface area contributed by atoms with E-state index in [2.05, 4.69) is 23.6 Å². The predicted octanol–water partition coefficient (Wildman–Crippen LogP) is 9.44. The average molecular weight is 734 g/mol. The van der Waals surface area contributed by atoms with Crippen LogP contribution in [0.15, 0.2) is 45.4 Å². The normalized spacial score (nSPS) is 14.3. The summed E-state index contributed by atoms with van der Waals surface area (Å²) < 4.78 is 16.2. The van der Waals surface area contributed by atoms with Crippen molar-refractivity contribution in [1.29, 1.82) is 10.5 Å². The molecule has 0 aliphatic heterocycles. The fourth-order valence-corrected chi connectivity index (χ4v) is 4.84. The molecule has 2 aromatic rings. The Balaban J connectivity index is -0.000000287. The highest BCUT2D eigenvalue weighted by atomic mass is 35.6. The Morgan fingerprint density at radius 2 is 1.41 bits per heavy atom. The molecule has 0 aromatic carbocycles. The molecule has 2 heterocycles. The van der Waals surface area contributed by atoms with Crippen molar-refractivity contribution in [1.82, 2.24) is 9.97 Å². The molecule has 17 heteroatoms. The number of aromatic nitrogens is 2. The molecular weight excluding hydrogens is 697 g/mol. The minimum Gasteiger partial charge on any atom is -0.256 e. The topological polar surface area (TPSA) is 145 Å². The SMILES string of the molecule is C.C.CC(c1ccc(C(Cl)(Cl)Cl)nc1)S(C)(=O)=NC#N.CC(c1ccc(C(Cl)(Cl)Cl)nc1)S(C)=NC#N.CCOO.[2HH]. The molecule has 0 saturated heterocycles. The van der Waals surface area contributed by atoms with Crippen molar-refractivity contribution in [3.8, 4) is 12.4 Å². The van der Waals surface area contributed by atoms with E-state index >= 15 is 0 Å². The first kappa shape index (κ1) is 44.5. The van der Waals surface area contributed by atoms with Gasteiger partial charge in [0.2, 0.25) is 20.0 Å². The number of alkyl halides is 6. The Kier molecular flexibility index (Phi) is 22.6. The minimum absolute atomic E-state index is 0. The Labute approximate surface area is 277 Å². The summed E-state index contributed by atoms with van der Waals surface area (Å²) in [6, 6.07) is 6.71. The quantitative estimate of drug-likeness (QED) is 0.139. The number of hydrogen-bond acceptors (Lipinski definition) is 9. The molecule has 0 bridgehead atoms. The summed E-state index contributed by atoms with van der Waals surface area (Å²) in [5.41, 5.74) is 2.29. The third-order valence-electron chi connectivity index (χ3n) is 4.80. The van der Waals surface area contributed by atoms with Crippen LogP contribution in [0.25, 0.3) is 0 Å². The monoisotopic (exact) mass is 731 g/mol. The third-order valence-corrected chi connectivity index (χ3v) is 9.65. The van der Waals surface area contributed by atoms with Gasteiger partial charge in [0, 0.05) is 25.3 Å². The lowest BCUT2D eigenvalue weighted by Gasteiger charge is -2.14. The maximum Gasteiger partial charge on any atom is 0.232 e. The van der Waals surface area contributed by atoms with Crippen molar-refractivity contribution in [2.24, 2.45) is 8.73 Å². The Morgan fingerprint density at radius 3 is 1.71 bits per heavy atom. The molecule has 234 valence electrons. The van der Waals surface area contributed by atoms with E-state index in [0.29, 0.717) is 17.9 Å². The van der Waals surface area contributed by atoms with Gasteiger partial charge >= 0.3 is 0 Å². The predicted molar refractivity (Wildman–Crippen MR) is 177 cm³/mol. The molecule has 0 aliphatic rings. The maximum absolute atomic E-state index is 12.1. The van der Waals surface area contributed by atoms with Crippen LogP contribution in [0.3, 0.4) is 0 Å². The molecule has 0 amide bonds. The molecule has 9 nitrogen and oxygen atoms in total. The van der Waals surface area contributed by atoms with Crippen molar-refractivity contribution in [2.75, 3.05) is 19.1 Å². The first-order valence-electron chi connectivity index (χ1n) is 10.6. The van der Waals surface area contributed by atoms with E-state index in [1.54, 1.807) is 44.4 Å². The highest BCUT2D eigenvalue weighted by molar-refractivity contribution is 7.93. The molecule has 0 fully saturated rings. The standard InChI is InChI=1S/C10H10Cl3N3OS.C10H10Cl3N3S.C2H6O2.2CH4.H2/c1-7(18(2,17)16-6-14)8-3-4-9(15-5-8)10(11,12)13;1-7(17(2)16-6-14)8-3-4-9(15-5-8)10(11,12)13;1-2-4-3;;;/h3-5,7H,1-2H3;3-5,7H,1-2H3;3H,2H2,1H3;2*1H4;1H/i;;;;;1+1. The van der Waals surface area contributed by atoms with Crippen LogP contribution in [0.5, 0.6) is 0 Å². The van der Waals surface area contributed by atoms with E-state index in [9.17, 15) is 4.21 Å². The molecule has 0 aliphatic carbocycles. The Morgan fingerprint density at radius 1 is 1.00 bits per heavy atom. The second-order valence-electron chi connectivity index (χ2n) is 7.42. The molecule has 4 atom stereocenters. The van der Waals surface area contributed by atoms with Gasteiger partial charge in [0.1, 0.15) is 0 Å². The molecule has 4 unspecified atom stereocenters. The fraction of sp³-hybridized carbons (Fsp3) is 0.500. The lowest BCUT2D eigenvalue weighted by molar-refractivity contribution is -0.237. The van der Waals surface area contributed by atoms with Crippen molar-refractivity contribution in [2.45, 2.75) is 53.7 Å². The zero-order chi connectivity index (χ0) is 30.4. The van der Waals surface area contributed by atoms with Crippen molar-refractivity contribution in [3.63, 3.8) is 0 Å². The summed E-state index contributed by atoms with van der Waals surface area (Å²) >= 11 is 34.2. The van der Waals surface area contributed by atoms with Gasteiger partial charge in [0.05, 0.1) is 33.0 Å². The van der Waals surface area contributed by atoms with Gasteiger partial charge in [-0.1, -0.05) is 107 Å². The van der Waals surface area contributed by atoms with Crippen LogP contribution in [-0.4, -0.2) is 38.6 Å². The van der Waals surface area contributed by atoms with E-state index in [-0.39, 0.29) is 37.9 Å². The lowest BCUT2D eigenvalue weighted by atomic mass is 10.2. The summed E-state index contributed by atoms with van der Waals surface area (Å²) in [6.45, 7) is 5.77. The molecular formula is C24H36Cl6N6O3S2. The Bertz CT molecular complexity index is 1280. The summed E-state index contributed by atoms with van der Waals surface area (Å²) in [5, 5.41) is 24.0. The van der Waals surface area contributed by atoms with E-state index in [0.717, 1.165) is 5.56 Å². The van der Waals surface area contributed by atoms with E-state index < -0.39 is 22.6 Å². The van der Waals surface area contributed by atoms with Gasteiger partial charge < -0.3 is 0 Å².